The van der Waals surface area contributed by atoms with Crippen LogP contribution in [0.15, 0.2) is 47.4 Å². The van der Waals surface area contributed by atoms with Crippen molar-refractivity contribution in [1.82, 2.24) is 9.80 Å². The van der Waals surface area contributed by atoms with Crippen molar-refractivity contribution in [1.29, 1.82) is 0 Å². The number of benzene rings is 2. The summed E-state index contributed by atoms with van der Waals surface area (Å²) in [7, 11) is -1.53. The van der Waals surface area contributed by atoms with Crippen molar-refractivity contribution in [2.24, 2.45) is 0 Å². The second kappa shape index (κ2) is 9.23. The first-order valence-electron chi connectivity index (χ1n) is 11.2. The lowest BCUT2D eigenvalue weighted by Gasteiger charge is -2.43. The molecule has 1 fully saturated rings. The first kappa shape index (κ1) is 23.4. The predicted molar refractivity (Wildman–Crippen MR) is 125 cm³/mol. The van der Waals surface area contributed by atoms with Gasteiger partial charge < -0.3 is 4.90 Å². The molecule has 0 spiro atoms. The Morgan fingerprint density at radius 1 is 1.15 bits per heavy atom. The molecule has 1 heterocycles. The molecule has 2 unspecified atom stereocenters. The van der Waals surface area contributed by atoms with Gasteiger partial charge in [0.1, 0.15) is 0 Å². The van der Waals surface area contributed by atoms with Gasteiger partial charge in [0.25, 0.3) is 5.69 Å². The van der Waals surface area contributed by atoms with Gasteiger partial charge in [0.05, 0.1) is 22.3 Å². The van der Waals surface area contributed by atoms with Gasteiger partial charge in [0.2, 0.25) is 5.91 Å². The van der Waals surface area contributed by atoms with Crippen molar-refractivity contribution in [3.8, 4) is 0 Å². The molecule has 2 atom stereocenters. The van der Waals surface area contributed by atoms with Crippen molar-refractivity contribution < 1.29 is 18.1 Å². The van der Waals surface area contributed by atoms with E-state index in [0.717, 1.165) is 61.7 Å². The Morgan fingerprint density at radius 2 is 1.82 bits per heavy atom. The molecule has 9 heteroatoms. The summed E-state index contributed by atoms with van der Waals surface area (Å²) in [5.41, 5.74) is 2.68. The minimum atomic E-state index is -3.30. The van der Waals surface area contributed by atoms with Gasteiger partial charge in [0.15, 0.2) is 9.84 Å². The molecule has 4 rings (SSSR count). The van der Waals surface area contributed by atoms with Gasteiger partial charge in [-0.05, 0) is 67.6 Å². The molecule has 8 nitrogen and oxygen atoms in total. The summed E-state index contributed by atoms with van der Waals surface area (Å²) in [6.45, 7) is 1.95. The predicted octanol–water partition coefficient (Wildman–Crippen LogP) is 3.15. The van der Waals surface area contributed by atoms with Crippen LogP contribution in [-0.4, -0.2) is 61.5 Å². The average molecular weight is 472 g/mol. The summed E-state index contributed by atoms with van der Waals surface area (Å²) in [6, 6.07) is 11.2. The van der Waals surface area contributed by atoms with Crippen LogP contribution < -0.4 is 0 Å². The van der Waals surface area contributed by atoms with E-state index < -0.39 is 9.84 Å². The maximum Gasteiger partial charge on any atom is 0.269 e. The molecule has 1 aliphatic carbocycles. The number of likely N-dealkylation sites (N-methyl/N-ethyl adjacent to an activating group) is 1. The molecule has 0 aromatic heterocycles. The maximum atomic E-state index is 13.3. The Balaban J connectivity index is 1.63. The van der Waals surface area contributed by atoms with Gasteiger partial charge in [-0.15, -0.1) is 0 Å². The fraction of sp³-hybridized carbons (Fsp3) is 0.458. The lowest BCUT2D eigenvalue weighted by molar-refractivity contribution is -0.385. The highest BCUT2D eigenvalue weighted by atomic mass is 32.2. The third-order valence-corrected chi connectivity index (χ3v) is 7.99. The molecule has 2 aliphatic rings. The number of aryl methyl sites for hydroxylation is 1. The molecule has 2 aromatic carbocycles. The number of sulfone groups is 1. The summed E-state index contributed by atoms with van der Waals surface area (Å²) < 4.78 is 23.4. The summed E-state index contributed by atoms with van der Waals surface area (Å²) in [5, 5.41) is 11.4. The lowest BCUT2D eigenvalue weighted by Crippen LogP contribution is -2.48. The number of nitro benzene ring substituents is 1. The van der Waals surface area contributed by atoms with E-state index in [1.54, 1.807) is 30.1 Å². The van der Waals surface area contributed by atoms with Crippen LogP contribution in [0.5, 0.6) is 0 Å². The Bertz CT molecular complexity index is 1160. The molecule has 2 aromatic rings. The Kier molecular flexibility index (Phi) is 6.54. The van der Waals surface area contributed by atoms with Gasteiger partial charge in [-0.3, -0.25) is 19.8 Å². The highest BCUT2D eigenvalue weighted by Crippen LogP contribution is 2.39. The maximum absolute atomic E-state index is 13.3. The third kappa shape index (κ3) is 4.94. The summed E-state index contributed by atoms with van der Waals surface area (Å²) in [6.07, 6.45) is 5.26. The number of fused-ring (bicyclic) bond motifs is 1. The number of hydrogen-bond acceptors (Lipinski definition) is 6. The molecule has 0 bridgehead atoms. The van der Waals surface area contributed by atoms with E-state index in [9.17, 15) is 23.3 Å². The number of rotatable bonds is 6. The van der Waals surface area contributed by atoms with Gasteiger partial charge in [0, 0.05) is 31.5 Å². The smallest absolute Gasteiger partial charge is 0.269 e. The van der Waals surface area contributed by atoms with Crippen LogP contribution in [0.25, 0.3) is 0 Å². The van der Waals surface area contributed by atoms with Crippen LogP contribution in [0.4, 0.5) is 5.69 Å². The van der Waals surface area contributed by atoms with Crippen molar-refractivity contribution in [3.05, 3.63) is 69.3 Å². The van der Waals surface area contributed by atoms with Gasteiger partial charge in [-0.25, -0.2) is 8.42 Å². The van der Waals surface area contributed by atoms with Crippen molar-refractivity contribution in [2.75, 3.05) is 26.4 Å². The zero-order valence-corrected chi connectivity index (χ0v) is 19.8. The van der Waals surface area contributed by atoms with Crippen LogP contribution in [0.2, 0.25) is 0 Å². The number of carbonyl (C=O) groups excluding carboxylic acids is 1. The van der Waals surface area contributed by atoms with Crippen LogP contribution in [-0.2, 0) is 27.5 Å². The Morgan fingerprint density at radius 3 is 2.42 bits per heavy atom. The minimum Gasteiger partial charge on any atom is -0.337 e. The van der Waals surface area contributed by atoms with E-state index in [1.807, 2.05) is 6.07 Å². The van der Waals surface area contributed by atoms with E-state index >= 15 is 0 Å². The van der Waals surface area contributed by atoms with Gasteiger partial charge in [-0.1, -0.05) is 18.2 Å². The van der Waals surface area contributed by atoms with Crippen LogP contribution in [0, 0.1) is 10.1 Å². The fourth-order valence-corrected chi connectivity index (χ4v) is 5.73. The van der Waals surface area contributed by atoms with E-state index in [4.69, 9.17) is 0 Å². The number of nitrogens with zero attached hydrogens (tertiary/aromatic N) is 3. The molecule has 176 valence electrons. The number of hydrogen-bond donors (Lipinski definition) is 0. The number of amides is 1. The molecule has 0 radical (unpaired) electrons. The molecule has 1 amide bonds. The van der Waals surface area contributed by atoms with Crippen molar-refractivity contribution in [2.45, 2.75) is 49.1 Å². The zero-order valence-electron chi connectivity index (χ0n) is 18.9. The summed E-state index contributed by atoms with van der Waals surface area (Å²) >= 11 is 0. The second-order valence-corrected chi connectivity index (χ2v) is 11.0. The lowest BCUT2D eigenvalue weighted by atomic mass is 9.82. The van der Waals surface area contributed by atoms with E-state index in [1.165, 1.54) is 18.2 Å². The van der Waals surface area contributed by atoms with E-state index in [0.29, 0.717) is 0 Å². The molecular formula is C24H29N3O5S. The zero-order chi connectivity index (χ0) is 23.8. The summed E-state index contributed by atoms with van der Waals surface area (Å²) in [4.78, 5) is 28.8. The molecule has 1 saturated heterocycles. The number of carbonyl (C=O) groups is 1. The highest BCUT2D eigenvalue weighted by Gasteiger charge is 2.39. The highest BCUT2D eigenvalue weighted by molar-refractivity contribution is 7.90. The van der Waals surface area contributed by atoms with Crippen LogP contribution in [0.1, 0.15) is 42.0 Å². The molecular weight excluding hydrogens is 442 g/mol. The van der Waals surface area contributed by atoms with Crippen molar-refractivity contribution >= 4 is 21.4 Å². The molecule has 33 heavy (non-hydrogen) atoms. The Hall–Kier alpha value is -2.78. The fourth-order valence-electron chi connectivity index (χ4n) is 5.10. The SMILES string of the molecule is CN(C(=O)Cc1ccc(S(C)(=O)=O)cc1)C1c2cc([N+](=O)[O-])ccc2CCC1N1CCCC1. The third-order valence-electron chi connectivity index (χ3n) is 6.86. The van der Waals surface area contributed by atoms with Gasteiger partial charge in [-0.2, -0.15) is 0 Å². The standard InChI is InChI=1S/C24H29N3O5S/c1-25(23(28)15-17-5-10-20(11-6-17)33(2,31)32)24-21-16-19(27(29)30)9-7-18(21)8-12-22(24)26-13-3-4-14-26/h5-7,9-11,16,22,24H,3-4,8,12-15H2,1-2H3. The van der Waals surface area contributed by atoms with Crippen LogP contribution >= 0.6 is 0 Å². The number of non-ortho nitro benzene ring substituents is 1. The summed E-state index contributed by atoms with van der Waals surface area (Å²) in [5.74, 6) is -0.101. The topological polar surface area (TPSA) is 101 Å². The van der Waals surface area contributed by atoms with Crippen LogP contribution in [0.3, 0.4) is 0 Å². The van der Waals surface area contributed by atoms with Crippen molar-refractivity contribution in [3.63, 3.8) is 0 Å². The minimum absolute atomic E-state index is 0.0398. The Labute approximate surface area is 194 Å². The quantitative estimate of drug-likeness (QED) is 0.474. The number of likely N-dealkylation sites (tertiary alicyclic amines) is 1. The average Bonchev–Trinajstić information content (AvgIpc) is 3.32. The normalized spacial score (nSPS) is 20.9. The molecule has 1 aliphatic heterocycles. The molecule has 0 N–H and O–H groups in total. The first-order chi connectivity index (χ1) is 15.6. The van der Waals surface area contributed by atoms with E-state index in [2.05, 4.69) is 4.90 Å². The van der Waals surface area contributed by atoms with Gasteiger partial charge >= 0.3 is 0 Å². The number of nitro groups is 1. The van der Waals surface area contributed by atoms with E-state index in [-0.39, 0.29) is 39.9 Å². The largest absolute Gasteiger partial charge is 0.337 e. The second-order valence-electron chi connectivity index (χ2n) is 9.03. The monoisotopic (exact) mass is 471 g/mol. The molecule has 0 saturated carbocycles. The first-order valence-corrected chi connectivity index (χ1v) is 13.1.